The molecule has 0 fully saturated rings. The number of esters is 1. The standard InChI is InChI=1S/C17H15NO3/c1-3-21-17(20)15-13-10-11(2)7-8-12(13)14-6-4-5-9-18(14)16(15)19/h4-10H,3H2,1-2H3. The number of benzene rings is 1. The van der Waals surface area contributed by atoms with Crippen LogP contribution >= 0.6 is 0 Å². The molecule has 0 N–H and O–H groups in total. The third kappa shape index (κ3) is 2.09. The van der Waals surface area contributed by atoms with Crippen LogP contribution in [0.4, 0.5) is 0 Å². The third-order valence-corrected chi connectivity index (χ3v) is 3.49. The molecule has 0 bridgehead atoms. The van der Waals surface area contributed by atoms with Gasteiger partial charge in [-0.1, -0.05) is 29.8 Å². The lowest BCUT2D eigenvalue weighted by Gasteiger charge is -2.10. The summed E-state index contributed by atoms with van der Waals surface area (Å²) in [5.74, 6) is -0.573. The highest BCUT2D eigenvalue weighted by Gasteiger charge is 2.19. The van der Waals surface area contributed by atoms with Gasteiger partial charge in [-0.05, 0) is 26.0 Å². The molecule has 0 atom stereocenters. The Bertz CT molecular complexity index is 909. The number of rotatable bonds is 2. The molecule has 21 heavy (non-hydrogen) atoms. The minimum Gasteiger partial charge on any atom is -0.462 e. The van der Waals surface area contributed by atoms with Crippen molar-refractivity contribution in [1.82, 2.24) is 4.40 Å². The predicted molar refractivity (Wildman–Crippen MR) is 81.9 cm³/mol. The zero-order valence-electron chi connectivity index (χ0n) is 11.9. The average Bonchev–Trinajstić information content (AvgIpc) is 2.47. The smallest absolute Gasteiger partial charge is 0.344 e. The van der Waals surface area contributed by atoms with Gasteiger partial charge in [-0.15, -0.1) is 0 Å². The van der Waals surface area contributed by atoms with Gasteiger partial charge >= 0.3 is 5.97 Å². The Labute approximate surface area is 121 Å². The van der Waals surface area contributed by atoms with Crippen LogP contribution < -0.4 is 5.56 Å². The Morgan fingerprint density at radius 2 is 2.00 bits per heavy atom. The fourth-order valence-corrected chi connectivity index (χ4v) is 2.56. The molecule has 106 valence electrons. The summed E-state index contributed by atoms with van der Waals surface area (Å²) in [5, 5.41) is 1.51. The lowest BCUT2D eigenvalue weighted by Crippen LogP contribution is -2.24. The number of hydrogen-bond donors (Lipinski definition) is 0. The number of nitrogens with zero attached hydrogens (tertiary/aromatic N) is 1. The number of hydrogen-bond acceptors (Lipinski definition) is 3. The average molecular weight is 281 g/mol. The van der Waals surface area contributed by atoms with Gasteiger partial charge in [0.15, 0.2) is 0 Å². The minimum atomic E-state index is -0.573. The Balaban J connectivity index is 2.53. The molecule has 0 saturated heterocycles. The Hall–Kier alpha value is -2.62. The van der Waals surface area contributed by atoms with Gasteiger partial charge in [0, 0.05) is 17.0 Å². The van der Waals surface area contributed by atoms with Crippen LogP contribution in [0.3, 0.4) is 0 Å². The van der Waals surface area contributed by atoms with E-state index in [-0.39, 0.29) is 17.7 Å². The summed E-state index contributed by atoms with van der Waals surface area (Å²) in [6.45, 7) is 3.90. The fourth-order valence-electron chi connectivity index (χ4n) is 2.56. The maximum Gasteiger partial charge on any atom is 0.344 e. The number of pyridine rings is 2. The minimum absolute atomic E-state index is 0.0965. The molecule has 0 spiro atoms. The largest absolute Gasteiger partial charge is 0.462 e. The molecule has 4 heteroatoms. The van der Waals surface area contributed by atoms with Crippen LogP contribution in [0.25, 0.3) is 16.3 Å². The van der Waals surface area contributed by atoms with Crippen LogP contribution in [0.1, 0.15) is 22.8 Å². The number of aryl methyl sites for hydroxylation is 1. The molecule has 0 radical (unpaired) electrons. The highest BCUT2D eigenvalue weighted by molar-refractivity contribution is 6.08. The Kier molecular flexibility index (Phi) is 3.22. The van der Waals surface area contributed by atoms with Crippen molar-refractivity contribution in [2.24, 2.45) is 0 Å². The molecule has 1 aromatic carbocycles. The van der Waals surface area contributed by atoms with Crippen molar-refractivity contribution < 1.29 is 9.53 Å². The number of carbonyl (C=O) groups is 1. The van der Waals surface area contributed by atoms with Gasteiger partial charge in [0.1, 0.15) is 5.56 Å². The summed E-state index contributed by atoms with van der Waals surface area (Å²) in [7, 11) is 0. The quantitative estimate of drug-likeness (QED) is 0.536. The second-order valence-electron chi connectivity index (χ2n) is 4.91. The summed E-state index contributed by atoms with van der Waals surface area (Å²) in [4.78, 5) is 24.8. The summed E-state index contributed by atoms with van der Waals surface area (Å²) >= 11 is 0. The van der Waals surface area contributed by atoms with Crippen LogP contribution in [0.2, 0.25) is 0 Å². The molecule has 0 aliphatic carbocycles. The lowest BCUT2D eigenvalue weighted by molar-refractivity contribution is 0.0526. The van der Waals surface area contributed by atoms with E-state index in [1.54, 1.807) is 19.2 Å². The van der Waals surface area contributed by atoms with Crippen LogP contribution in [-0.4, -0.2) is 17.0 Å². The maximum absolute atomic E-state index is 12.6. The van der Waals surface area contributed by atoms with E-state index in [0.29, 0.717) is 5.39 Å². The summed E-state index contributed by atoms with van der Waals surface area (Å²) in [6, 6.07) is 11.3. The third-order valence-electron chi connectivity index (χ3n) is 3.49. The van der Waals surface area contributed by atoms with E-state index < -0.39 is 5.97 Å². The van der Waals surface area contributed by atoms with Crippen molar-refractivity contribution in [2.75, 3.05) is 6.61 Å². The van der Waals surface area contributed by atoms with Crippen LogP contribution in [-0.2, 0) is 4.74 Å². The highest BCUT2D eigenvalue weighted by atomic mass is 16.5. The first-order chi connectivity index (χ1) is 10.1. The van der Waals surface area contributed by atoms with Gasteiger partial charge in [0.2, 0.25) is 0 Å². The van der Waals surface area contributed by atoms with E-state index in [1.165, 1.54) is 4.40 Å². The van der Waals surface area contributed by atoms with Gasteiger partial charge in [-0.2, -0.15) is 0 Å². The molecule has 3 rings (SSSR count). The highest BCUT2D eigenvalue weighted by Crippen LogP contribution is 2.23. The van der Waals surface area contributed by atoms with Crippen molar-refractivity contribution in [1.29, 1.82) is 0 Å². The lowest BCUT2D eigenvalue weighted by atomic mass is 10.0. The molecule has 0 amide bonds. The molecular formula is C17H15NO3. The SMILES string of the molecule is CCOC(=O)c1c(=O)n2ccccc2c2ccc(C)cc12. The van der Waals surface area contributed by atoms with Gasteiger partial charge < -0.3 is 4.74 Å². The van der Waals surface area contributed by atoms with E-state index in [4.69, 9.17) is 4.74 Å². The molecule has 4 nitrogen and oxygen atoms in total. The van der Waals surface area contributed by atoms with Gasteiger partial charge in [-0.3, -0.25) is 9.20 Å². The van der Waals surface area contributed by atoms with Crippen molar-refractivity contribution in [3.05, 3.63) is 64.1 Å². The van der Waals surface area contributed by atoms with E-state index >= 15 is 0 Å². The molecule has 0 unspecified atom stereocenters. The normalized spacial score (nSPS) is 11.0. The number of ether oxygens (including phenoxy) is 1. The van der Waals surface area contributed by atoms with Crippen molar-refractivity contribution in [3.63, 3.8) is 0 Å². The van der Waals surface area contributed by atoms with Crippen molar-refractivity contribution in [2.45, 2.75) is 13.8 Å². The van der Waals surface area contributed by atoms with Crippen LogP contribution in [0, 0.1) is 6.92 Å². The number of fused-ring (bicyclic) bond motifs is 3. The summed E-state index contributed by atoms with van der Waals surface area (Å²) in [5.41, 5.74) is 1.53. The van der Waals surface area contributed by atoms with E-state index in [2.05, 4.69) is 0 Å². The molecular weight excluding hydrogens is 266 g/mol. The van der Waals surface area contributed by atoms with Gasteiger partial charge in [0.25, 0.3) is 5.56 Å². The van der Waals surface area contributed by atoms with Crippen molar-refractivity contribution in [3.8, 4) is 0 Å². The molecule has 0 saturated carbocycles. The molecule has 2 aromatic heterocycles. The van der Waals surface area contributed by atoms with Gasteiger partial charge in [-0.25, -0.2) is 4.79 Å². The first-order valence-corrected chi connectivity index (χ1v) is 6.84. The maximum atomic E-state index is 12.6. The van der Waals surface area contributed by atoms with Gasteiger partial charge in [0.05, 0.1) is 12.1 Å². The predicted octanol–water partition coefficient (Wildman–Crippen LogP) is 2.94. The monoisotopic (exact) mass is 281 g/mol. The zero-order valence-corrected chi connectivity index (χ0v) is 11.9. The Morgan fingerprint density at radius 1 is 1.19 bits per heavy atom. The molecule has 2 heterocycles. The van der Waals surface area contributed by atoms with Crippen LogP contribution in [0.5, 0.6) is 0 Å². The zero-order chi connectivity index (χ0) is 15.0. The molecule has 3 aromatic rings. The molecule has 0 aliphatic rings. The second-order valence-corrected chi connectivity index (χ2v) is 4.91. The van der Waals surface area contributed by atoms with E-state index in [9.17, 15) is 9.59 Å². The van der Waals surface area contributed by atoms with Crippen LogP contribution in [0.15, 0.2) is 47.4 Å². The topological polar surface area (TPSA) is 47.8 Å². The van der Waals surface area contributed by atoms with E-state index in [0.717, 1.165) is 16.5 Å². The molecule has 0 aliphatic heterocycles. The fraction of sp³-hybridized carbons (Fsp3) is 0.176. The van der Waals surface area contributed by atoms with E-state index in [1.807, 2.05) is 37.3 Å². The number of carbonyl (C=O) groups excluding carboxylic acids is 1. The summed E-state index contributed by atoms with van der Waals surface area (Å²) in [6.07, 6.45) is 1.67. The first kappa shape index (κ1) is 13.4. The second kappa shape index (κ2) is 5.05. The van der Waals surface area contributed by atoms with Crippen molar-refractivity contribution >= 4 is 22.3 Å². The summed E-state index contributed by atoms with van der Waals surface area (Å²) < 4.78 is 6.54. The number of aromatic nitrogens is 1. The Morgan fingerprint density at radius 3 is 2.76 bits per heavy atom. The first-order valence-electron chi connectivity index (χ1n) is 6.84.